The van der Waals surface area contributed by atoms with Crippen molar-refractivity contribution in [1.29, 1.82) is 0 Å². The predicted molar refractivity (Wildman–Crippen MR) is 89.9 cm³/mol. The van der Waals surface area contributed by atoms with Gasteiger partial charge in [-0.3, -0.25) is 14.4 Å². The number of aromatic nitrogens is 3. The lowest BCUT2D eigenvalue weighted by molar-refractivity contribution is -0.126. The van der Waals surface area contributed by atoms with Crippen LogP contribution < -0.4 is 5.32 Å². The lowest BCUT2D eigenvalue weighted by Gasteiger charge is -2.36. The second kappa shape index (κ2) is 7.70. The van der Waals surface area contributed by atoms with Gasteiger partial charge in [-0.1, -0.05) is 6.07 Å². The van der Waals surface area contributed by atoms with Gasteiger partial charge in [0.2, 0.25) is 5.91 Å². The molecule has 1 N–H and O–H groups in total. The number of rotatable bonds is 6. The Kier molecular flexibility index (Phi) is 5.40. The van der Waals surface area contributed by atoms with Crippen molar-refractivity contribution >= 4 is 17.2 Å². The average molecular weight is 333 g/mol. The molecule has 2 atom stereocenters. The topological polar surface area (TPSA) is 63.1 Å². The van der Waals surface area contributed by atoms with Gasteiger partial charge < -0.3 is 5.32 Å². The number of hydrogen-bond acceptors (Lipinski definition) is 5. The fourth-order valence-electron chi connectivity index (χ4n) is 3.09. The number of likely N-dealkylation sites (tertiary alicyclic amines) is 1. The summed E-state index contributed by atoms with van der Waals surface area (Å²) < 4.78 is 1.88. The minimum Gasteiger partial charge on any atom is -0.350 e. The quantitative estimate of drug-likeness (QED) is 0.875. The summed E-state index contributed by atoms with van der Waals surface area (Å²) in [6, 6.07) is 3.97. The molecule has 1 aliphatic heterocycles. The molecular weight excluding hydrogens is 310 g/mol. The predicted octanol–water partition coefficient (Wildman–Crippen LogP) is 1.76. The van der Waals surface area contributed by atoms with Crippen molar-refractivity contribution in [2.45, 2.75) is 38.9 Å². The van der Waals surface area contributed by atoms with Crippen molar-refractivity contribution in [1.82, 2.24) is 25.0 Å². The van der Waals surface area contributed by atoms with E-state index in [1.807, 2.05) is 29.1 Å². The molecular formula is C16H23N5OS. The Morgan fingerprint density at radius 2 is 2.48 bits per heavy atom. The number of carbonyl (C=O) groups excluding carboxylic acids is 1. The van der Waals surface area contributed by atoms with Gasteiger partial charge in [0.05, 0.1) is 12.6 Å². The van der Waals surface area contributed by atoms with Gasteiger partial charge in [-0.25, -0.2) is 4.98 Å². The van der Waals surface area contributed by atoms with Gasteiger partial charge >= 0.3 is 0 Å². The van der Waals surface area contributed by atoms with Crippen LogP contribution in [0.25, 0.3) is 0 Å². The molecule has 0 saturated carbocycles. The molecule has 1 amide bonds. The highest BCUT2D eigenvalue weighted by Gasteiger charge is 2.27. The molecule has 1 aliphatic rings. The monoisotopic (exact) mass is 333 g/mol. The number of nitrogens with zero attached hydrogens (tertiary/aromatic N) is 4. The van der Waals surface area contributed by atoms with Crippen molar-refractivity contribution < 1.29 is 4.79 Å². The first-order valence-electron chi connectivity index (χ1n) is 8.09. The van der Waals surface area contributed by atoms with Crippen molar-refractivity contribution in [3.05, 3.63) is 35.0 Å². The molecule has 3 heterocycles. The van der Waals surface area contributed by atoms with E-state index in [0.29, 0.717) is 12.5 Å². The van der Waals surface area contributed by atoms with Crippen molar-refractivity contribution in [3.63, 3.8) is 0 Å². The maximum absolute atomic E-state index is 12.4. The number of carbonyl (C=O) groups is 1. The van der Waals surface area contributed by atoms with Gasteiger partial charge in [0.1, 0.15) is 12.7 Å². The van der Waals surface area contributed by atoms with E-state index in [9.17, 15) is 4.79 Å². The van der Waals surface area contributed by atoms with Crippen LogP contribution in [0.4, 0.5) is 0 Å². The third kappa shape index (κ3) is 4.39. The first-order chi connectivity index (χ1) is 11.2. The minimum atomic E-state index is -0.0893. The summed E-state index contributed by atoms with van der Waals surface area (Å²) in [5.74, 6) is 0.637. The SMILES string of the molecule is C[C@@H](C(=O)NCc1cccs1)N1CCC[C@H](Cn2cncn2)C1. The summed E-state index contributed by atoms with van der Waals surface area (Å²) in [7, 11) is 0. The summed E-state index contributed by atoms with van der Waals surface area (Å²) in [6.45, 7) is 5.42. The maximum Gasteiger partial charge on any atom is 0.237 e. The van der Waals surface area contributed by atoms with Crippen LogP contribution in [0.2, 0.25) is 0 Å². The van der Waals surface area contributed by atoms with Crippen molar-refractivity contribution in [3.8, 4) is 0 Å². The lowest BCUT2D eigenvalue weighted by atomic mass is 9.96. The van der Waals surface area contributed by atoms with Crippen LogP contribution in [0.15, 0.2) is 30.2 Å². The molecule has 2 aromatic rings. The number of thiophene rings is 1. The Morgan fingerprint density at radius 3 is 3.22 bits per heavy atom. The molecule has 124 valence electrons. The third-order valence-electron chi connectivity index (χ3n) is 4.41. The van der Waals surface area contributed by atoms with E-state index in [0.717, 1.165) is 26.1 Å². The standard InChI is InChI=1S/C16H23N5OS/c1-13(16(22)18-8-15-5-3-7-23-15)20-6-2-4-14(9-20)10-21-12-17-11-19-21/h3,5,7,11-14H,2,4,6,8-10H2,1H3,(H,18,22)/t13-,14-/m0/s1. The van der Waals surface area contributed by atoms with Crippen molar-refractivity contribution in [2.75, 3.05) is 13.1 Å². The zero-order valence-corrected chi connectivity index (χ0v) is 14.2. The molecule has 1 fully saturated rings. The highest BCUT2D eigenvalue weighted by atomic mass is 32.1. The smallest absolute Gasteiger partial charge is 0.237 e. The van der Waals surface area contributed by atoms with Crippen LogP contribution in [0.5, 0.6) is 0 Å². The average Bonchev–Trinajstić information content (AvgIpc) is 3.25. The molecule has 23 heavy (non-hydrogen) atoms. The summed E-state index contributed by atoms with van der Waals surface area (Å²) >= 11 is 1.67. The molecule has 0 radical (unpaired) electrons. The van der Waals surface area contributed by atoms with Crippen LogP contribution >= 0.6 is 11.3 Å². The number of amides is 1. The number of hydrogen-bond donors (Lipinski definition) is 1. The Bertz CT molecular complexity index is 598. The van der Waals surface area contributed by atoms with Gasteiger partial charge in [0.15, 0.2) is 0 Å². The van der Waals surface area contributed by atoms with Crippen molar-refractivity contribution in [2.24, 2.45) is 5.92 Å². The summed E-state index contributed by atoms with van der Waals surface area (Å²) in [4.78, 5) is 19.9. The van der Waals surface area contributed by atoms with Crippen LogP contribution in [-0.4, -0.2) is 44.7 Å². The number of nitrogens with one attached hydrogen (secondary N) is 1. The molecule has 3 rings (SSSR count). The highest BCUT2D eigenvalue weighted by molar-refractivity contribution is 7.09. The van der Waals surface area contributed by atoms with Gasteiger partial charge in [0.25, 0.3) is 0 Å². The first-order valence-corrected chi connectivity index (χ1v) is 8.97. The van der Waals surface area contributed by atoms with Gasteiger partial charge in [0, 0.05) is 18.0 Å². The van der Waals surface area contributed by atoms with Gasteiger partial charge in [-0.2, -0.15) is 5.10 Å². The Hall–Kier alpha value is -1.73. The summed E-state index contributed by atoms with van der Waals surface area (Å²) in [5.41, 5.74) is 0. The van der Waals surface area contributed by atoms with Crippen LogP contribution in [0, 0.1) is 5.92 Å². The van der Waals surface area contributed by atoms with E-state index >= 15 is 0 Å². The van der Waals surface area contributed by atoms with E-state index in [-0.39, 0.29) is 11.9 Å². The fraction of sp³-hybridized carbons (Fsp3) is 0.562. The zero-order chi connectivity index (χ0) is 16.1. The maximum atomic E-state index is 12.4. The normalized spacial score (nSPS) is 20.3. The zero-order valence-electron chi connectivity index (χ0n) is 13.4. The number of piperidine rings is 1. The molecule has 0 spiro atoms. The van der Waals surface area contributed by atoms with Gasteiger partial charge in [-0.05, 0) is 43.7 Å². The van der Waals surface area contributed by atoms with E-state index in [1.165, 1.54) is 11.3 Å². The lowest BCUT2D eigenvalue weighted by Crippen LogP contribution is -2.49. The molecule has 6 nitrogen and oxygen atoms in total. The molecule has 0 bridgehead atoms. The Morgan fingerprint density at radius 1 is 1.57 bits per heavy atom. The minimum absolute atomic E-state index is 0.0893. The molecule has 0 aliphatic carbocycles. The second-order valence-electron chi connectivity index (χ2n) is 6.09. The van der Waals surface area contributed by atoms with Crippen LogP contribution in [0.1, 0.15) is 24.6 Å². The Labute approximate surface area is 140 Å². The highest BCUT2D eigenvalue weighted by Crippen LogP contribution is 2.20. The van der Waals surface area contributed by atoms with E-state index in [1.54, 1.807) is 24.0 Å². The molecule has 0 unspecified atom stereocenters. The molecule has 2 aromatic heterocycles. The molecule has 0 aromatic carbocycles. The second-order valence-corrected chi connectivity index (χ2v) is 7.13. The summed E-state index contributed by atoms with van der Waals surface area (Å²) in [6.07, 6.45) is 5.64. The van der Waals surface area contributed by atoms with E-state index in [4.69, 9.17) is 0 Å². The largest absolute Gasteiger partial charge is 0.350 e. The molecule has 7 heteroatoms. The molecule has 1 saturated heterocycles. The van der Waals surface area contributed by atoms with E-state index < -0.39 is 0 Å². The summed E-state index contributed by atoms with van der Waals surface area (Å²) in [5, 5.41) is 9.26. The van der Waals surface area contributed by atoms with E-state index in [2.05, 4.69) is 20.3 Å². The third-order valence-corrected chi connectivity index (χ3v) is 5.28. The van der Waals surface area contributed by atoms with Crippen LogP contribution in [0.3, 0.4) is 0 Å². The van der Waals surface area contributed by atoms with Crippen LogP contribution in [-0.2, 0) is 17.9 Å². The first kappa shape index (κ1) is 16.1. The fourth-order valence-corrected chi connectivity index (χ4v) is 3.74. The van der Waals surface area contributed by atoms with Gasteiger partial charge in [-0.15, -0.1) is 11.3 Å². The Balaban J connectivity index is 1.49.